The molecule has 2 heterocycles. The largest absolute Gasteiger partial charge is 0.388 e. The summed E-state index contributed by atoms with van der Waals surface area (Å²) in [7, 11) is 2.00. The summed E-state index contributed by atoms with van der Waals surface area (Å²) in [5.74, 6) is 0. The number of nitrogens with zero attached hydrogens (tertiary/aromatic N) is 2. The lowest BCUT2D eigenvalue weighted by molar-refractivity contribution is 1.16. The molecular formula is C41H33N3. The molecule has 0 aliphatic carbocycles. The van der Waals surface area contributed by atoms with E-state index in [1.807, 2.05) is 7.05 Å². The fourth-order valence-corrected chi connectivity index (χ4v) is 6.90. The van der Waals surface area contributed by atoms with E-state index in [-0.39, 0.29) is 0 Å². The number of fused-ring (bicyclic) bond motifs is 6. The fraction of sp³-hybridized carbons (Fsp3) is 0.0732. The summed E-state index contributed by atoms with van der Waals surface area (Å²) >= 11 is 0. The van der Waals surface area contributed by atoms with Gasteiger partial charge < -0.3 is 14.5 Å². The molecule has 1 N–H and O–H groups in total. The molecule has 3 heteroatoms. The molecule has 0 amide bonds. The zero-order valence-corrected chi connectivity index (χ0v) is 25.0. The lowest BCUT2D eigenvalue weighted by atomic mass is 9.92. The van der Waals surface area contributed by atoms with Crippen LogP contribution in [0.4, 0.5) is 5.69 Å². The van der Waals surface area contributed by atoms with Gasteiger partial charge in [0.2, 0.25) is 0 Å². The van der Waals surface area contributed by atoms with Gasteiger partial charge in [-0.05, 0) is 66.6 Å². The summed E-state index contributed by atoms with van der Waals surface area (Å²) in [6.45, 7) is 2.19. The predicted octanol–water partition coefficient (Wildman–Crippen LogP) is 11.0. The fourth-order valence-electron chi connectivity index (χ4n) is 6.90. The van der Waals surface area contributed by atoms with Gasteiger partial charge in [0.1, 0.15) is 0 Å². The third kappa shape index (κ3) is 3.97. The van der Waals surface area contributed by atoms with E-state index in [1.54, 1.807) is 0 Å². The molecule has 0 unspecified atom stereocenters. The quantitative estimate of drug-likeness (QED) is 0.212. The zero-order chi connectivity index (χ0) is 29.6. The molecule has 0 radical (unpaired) electrons. The second-order valence-corrected chi connectivity index (χ2v) is 11.3. The Labute approximate surface area is 257 Å². The van der Waals surface area contributed by atoms with Crippen LogP contribution >= 0.6 is 0 Å². The third-order valence-electron chi connectivity index (χ3n) is 8.80. The number of hydrogen-bond donors (Lipinski definition) is 1. The minimum Gasteiger partial charge on any atom is -0.388 e. The Kier molecular flexibility index (Phi) is 6.31. The van der Waals surface area contributed by atoms with E-state index in [0.29, 0.717) is 0 Å². The van der Waals surface area contributed by atoms with E-state index in [4.69, 9.17) is 0 Å². The normalized spacial score (nSPS) is 11.9. The molecule has 0 saturated carbocycles. The summed E-state index contributed by atoms with van der Waals surface area (Å²) in [6, 6.07) is 48.4. The Morgan fingerprint density at radius 2 is 1.20 bits per heavy atom. The van der Waals surface area contributed by atoms with Gasteiger partial charge in [-0.25, -0.2) is 0 Å². The Balaban J connectivity index is 1.47. The van der Waals surface area contributed by atoms with Crippen LogP contribution in [0, 0.1) is 0 Å². The van der Waals surface area contributed by atoms with Crippen molar-refractivity contribution in [3.8, 4) is 22.5 Å². The van der Waals surface area contributed by atoms with Gasteiger partial charge in [-0.3, -0.25) is 0 Å². The lowest BCUT2D eigenvalue weighted by Gasteiger charge is -2.15. The first-order valence-corrected chi connectivity index (χ1v) is 15.4. The highest BCUT2D eigenvalue weighted by Gasteiger charge is 2.21. The van der Waals surface area contributed by atoms with E-state index in [0.717, 1.165) is 17.8 Å². The molecule has 0 spiro atoms. The van der Waals surface area contributed by atoms with Crippen molar-refractivity contribution in [3.05, 3.63) is 145 Å². The first kappa shape index (κ1) is 26.1. The van der Waals surface area contributed by atoms with Crippen LogP contribution in [-0.4, -0.2) is 16.2 Å². The van der Waals surface area contributed by atoms with Gasteiger partial charge in [0.25, 0.3) is 0 Å². The molecule has 2 aromatic heterocycles. The van der Waals surface area contributed by atoms with Crippen molar-refractivity contribution in [1.29, 1.82) is 0 Å². The molecule has 0 atom stereocenters. The van der Waals surface area contributed by atoms with Gasteiger partial charge in [0.05, 0.1) is 22.1 Å². The van der Waals surface area contributed by atoms with Crippen molar-refractivity contribution in [2.45, 2.75) is 13.3 Å². The number of hydrogen-bond acceptors (Lipinski definition) is 1. The van der Waals surface area contributed by atoms with Crippen molar-refractivity contribution in [2.75, 3.05) is 12.4 Å². The van der Waals surface area contributed by atoms with E-state index in [1.165, 1.54) is 66.0 Å². The van der Waals surface area contributed by atoms with E-state index < -0.39 is 0 Å². The van der Waals surface area contributed by atoms with Gasteiger partial charge in [0, 0.05) is 56.8 Å². The first-order valence-electron chi connectivity index (χ1n) is 15.4. The number of nitrogens with one attached hydrogen (secondary N) is 1. The van der Waals surface area contributed by atoms with Crippen molar-refractivity contribution >= 4 is 55.4 Å². The minimum absolute atomic E-state index is 0.990. The van der Waals surface area contributed by atoms with Crippen LogP contribution in [0.15, 0.2) is 140 Å². The van der Waals surface area contributed by atoms with Crippen LogP contribution in [0.3, 0.4) is 0 Å². The molecule has 6 aromatic carbocycles. The average molecular weight is 568 g/mol. The van der Waals surface area contributed by atoms with Crippen molar-refractivity contribution < 1.29 is 0 Å². The number of benzene rings is 6. The summed E-state index contributed by atoms with van der Waals surface area (Å²) in [5, 5.41) is 8.47. The second kappa shape index (κ2) is 10.6. The van der Waals surface area contributed by atoms with E-state index in [9.17, 15) is 0 Å². The molecule has 8 rings (SSSR count). The number of aromatic nitrogens is 2. The molecule has 44 heavy (non-hydrogen) atoms. The maximum atomic E-state index is 3.45. The standard InChI is InChI=1S/C41H33N3/c1-3-4-14-28-23-25-39-41(40(28)32-18-8-11-20-35(32)42-2)33-19-10-13-22-37(33)44(39)30-24-26-38-34(27-30)31-17-9-12-21-36(31)43(38)29-15-6-5-7-16-29/h4-27,42H,3H2,1-2H3/b14-4-. The predicted molar refractivity (Wildman–Crippen MR) is 189 cm³/mol. The SMILES string of the molecule is CC/C=C\c1ccc2c(c1-c1ccccc1NC)c1ccccc1n2-c1ccc2c(c1)c1ccccc1n2-c1ccccc1. The monoisotopic (exact) mass is 567 g/mol. The highest BCUT2D eigenvalue weighted by atomic mass is 15.0. The van der Waals surface area contributed by atoms with Crippen LogP contribution in [0.2, 0.25) is 0 Å². The van der Waals surface area contributed by atoms with Crippen molar-refractivity contribution in [2.24, 2.45) is 0 Å². The zero-order valence-electron chi connectivity index (χ0n) is 25.0. The summed E-state index contributed by atoms with van der Waals surface area (Å²) in [4.78, 5) is 0. The van der Waals surface area contributed by atoms with Crippen LogP contribution in [0.5, 0.6) is 0 Å². The Hall–Kier alpha value is -5.54. The first-order chi connectivity index (χ1) is 21.8. The molecule has 0 aliphatic rings. The van der Waals surface area contributed by atoms with Crippen LogP contribution < -0.4 is 5.32 Å². The molecule has 212 valence electrons. The Morgan fingerprint density at radius 3 is 2.00 bits per heavy atom. The summed E-state index contributed by atoms with van der Waals surface area (Å²) in [6.07, 6.45) is 5.52. The van der Waals surface area contributed by atoms with E-state index in [2.05, 4.69) is 167 Å². The highest BCUT2D eigenvalue weighted by Crippen LogP contribution is 2.43. The number of para-hydroxylation sites is 4. The Morgan fingerprint density at radius 1 is 0.568 bits per heavy atom. The molecule has 0 saturated heterocycles. The van der Waals surface area contributed by atoms with Gasteiger partial charge in [-0.1, -0.05) is 97.9 Å². The van der Waals surface area contributed by atoms with Crippen LogP contribution in [0.25, 0.3) is 72.2 Å². The van der Waals surface area contributed by atoms with Crippen molar-refractivity contribution in [3.63, 3.8) is 0 Å². The summed E-state index contributed by atoms with van der Waals surface area (Å²) in [5.41, 5.74) is 12.0. The molecule has 3 nitrogen and oxygen atoms in total. The summed E-state index contributed by atoms with van der Waals surface area (Å²) < 4.78 is 4.82. The molecule has 8 aromatic rings. The topological polar surface area (TPSA) is 21.9 Å². The van der Waals surface area contributed by atoms with Crippen LogP contribution in [-0.2, 0) is 0 Å². The molecule has 0 fully saturated rings. The Bertz CT molecular complexity index is 2350. The molecule has 0 bridgehead atoms. The smallest absolute Gasteiger partial charge is 0.0547 e. The van der Waals surface area contributed by atoms with Crippen LogP contribution in [0.1, 0.15) is 18.9 Å². The van der Waals surface area contributed by atoms with Gasteiger partial charge in [-0.15, -0.1) is 0 Å². The minimum atomic E-state index is 0.990. The lowest BCUT2D eigenvalue weighted by Crippen LogP contribution is -1.96. The van der Waals surface area contributed by atoms with Gasteiger partial charge >= 0.3 is 0 Å². The number of rotatable bonds is 6. The highest BCUT2D eigenvalue weighted by molar-refractivity contribution is 6.18. The van der Waals surface area contributed by atoms with Crippen molar-refractivity contribution in [1.82, 2.24) is 9.13 Å². The molecule has 0 aliphatic heterocycles. The maximum Gasteiger partial charge on any atom is 0.0547 e. The van der Waals surface area contributed by atoms with E-state index >= 15 is 0 Å². The second-order valence-electron chi connectivity index (χ2n) is 11.3. The average Bonchev–Trinajstić information content (AvgIpc) is 3.60. The number of anilines is 1. The van der Waals surface area contributed by atoms with Gasteiger partial charge in [0.15, 0.2) is 0 Å². The molecular weight excluding hydrogens is 534 g/mol. The maximum absolute atomic E-state index is 3.45. The van der Waals surface area contributed by atoms with Gasteiger partial charge in [-0.2, -0.15) is 0 Å². The third-order valence-corrected chi connectivity index (χ3v) is 8.80. The number of allylic oxidation sites excluding steroid dienone is 1.